The summed E-state index contributed by atoms with van der Waals surface area (Å²) >= 11 is 0. The van der Waals surface area contributed by atoms with E-state index in [0.29, 0.717) is 9.52 Å². The molecule has 0 radical (unpaired) electrons. The maximum absolute atomic E-state index is 7.08. The molecule has 2 nitrogen and oxygen atoms in total. The average molecular weight is 142 g/mol. The van der Waals surface area contributed by atoms with Gasteiger partial charge in [-0.25, -0.2) is 0 Å². The van der Waals surface area contributed by atoms with Crippen LogP contribution >= 0.6 is 0 Å². The summed E-state index contributed by atoms with van der Waals surface area (Å²) in [5.41, 5.74) is 7.08. The monoisotopic (exact) mass is 142 g/mol. The van der Waals surface area contributed by atoms with Crippen molar-refractivity contribution in [3.8, 4) is 0 Å². The van der Waals surface area contributed by atoms with Gasteiger partial charge in [-0.1, -0.05) is 31.4 Å². The zero-order chi connectivity index (χ0) is 6.95. The molecular weight excluding hydrogens is 128 g/mol. The van der Waals surface area contributed by atoms with E-state index in [-0.39, 0.29) is 0 Å². The van der Waals surface area contributed by atoms with Gasteiger partial charge in [0.05, 0.1) is 0 Å². The molecule has 1 saturated heterocycles. The highest BCUT2D eigenvalue weighted by atomic mass is 28.2. The Bertz CT molecular complexity index is 71.5. The summed E-state index contributed by atoms with van der Waals surface area (Å²) in [6.07, 6.45) is 4.66. The van der Waals surface area contributed by atoms with Gasteiger partial charge in [0.1, 0.15) is 0 Å². The van der Waals surface area contributed by atoms with E-state index in [9.17, 15) is 0 Å². The summed E-state index contributed by atoms with van der Waals surface area (Å²) in [6.45, 7) is 2.67. The van der Waals surface area contributed by atoms with Gasteiger partial charge < -0.3 is 5.53 Å². The molecule has 0 aliphatic carbocycles. The summed E-state index contributed by atoms with van der Waals surface area (Å²) in [4.78, 5) is 2.25. The molecule has 0 unspecified atom stereocenters. The van der Waals surface area contributed by atoms with Gasteiger partial charge >= 0.3 is 0 Å². The Morgan fingerprint density at radius 3 is 1.78 bits per heavy atom. The summed E-state index contributed by atoms with van der Waals surface area (Å²) in [5, 5.41) is 0. The van der Waals surface area contributed by atoms with Crippen molar-refractivity contribution in [3.05, 3.63) is 5.53 Å². The van der Waals surface area contributed by atoms with Crippen molar-refractivity contribution in [1.29, 1.82) is 0 Å². The average Bonchev–Trinajstić information content (AvgIpc) is 1.93. The molecule has 0 saturated carbocycles. The lowest BCUT2D eigenvalue weighted by atomic mass is 10.3. The smallest absolute Gasteiger partial charge is 0.245 e. The highest BCUT2D eigenvalue weighted by molar-refractivity contribution is 6.35. The molecule has 0 spiro atoms. The van der Waals surface area contributed by atoms with Crippen LogP contribution < -0.4 is 0 Å². The molecule has 0 aromatic carbocycles. The largest absolute Gasteiger partial charge is 0.362 e. The highest BCUT2D eigenvalue weighted by Crippen LogP contribution is 2.10. The predicted octanol–water partition coefficient (Wildman–Crippen LogP) is 1.09. The molecule has 3 heteroatoms. The van der Waals surface area contributed by atoms with Crippen LogP contribution in [0, 0.1) is 0 Å². The van der Waals surface area contributed by atoms with Crippen molar-refractivity contribution in [2.24, 2.45) is 0 Å². The number of rotatable bonds is 0. The first kappa shape index (κ1) is 8.60. The molecule has 0 amide bonds. The second kappa shape index (κ2) is 7.60. The van der Waals surface area contributed by atoms with Crippen LogP contribution in [0.2, 0.25) is 12.1 Å². The summed E-state index contributed by atoms with van der Waals surface area (Å²) < 4.78 is 0. The maximum Gasteiger partial charge on any atom is 0.245 e. The predicted molar refractivity (Wildman–Crippen MR) is 42.7 cm³/mol. The standard InChI is InChI=1S/C5H12Si.CH2N2/c1-2-4-6-5-3-1;1-3-2/h1-6H2;1H2. The molecule has 9 heavy (non-hydrogen) atoms. The first-order valence-corrected chi connectivity index (χ1v) is 5.52. The van der Waals surface area contributed by atoms with E-state index in [1.165, 1.54) is 6.42 Å². The van der Waals surface area contributed by atoms with E-state index in [4.69, 9.17) is 5.53 Å². The number of nitrogens with zero attached hydrogens (tertiary/aromatic N) is 2. The topological polar surface area (TPSA) is 36.4 Å². The van der Waals surface area contributed by atoms with E-state index in [0.717, 1.165) is 0 Å². The van der Waals surface area contributed by atoms with Crippen molar-refractivity contribution < 1.29 is 4.79 Å². The van der Waals surface area contributed by atoms with E-state index >= 15 is 0 Å². The van der Waals surface area contributed by atoms with Crippen LogP contribution in [-0.2, 0) is 0 Å². The molecule has 0 N–H and O–H groups in total. The van der Waals surface area contributed by atoms with Crippen LogP contribution in [0.5, 0.6) is 0 Å². The van der Waals surface area contributed by atoms with Crippen LogP contribution in [0.25, 0.3) is 5.53 Å². The third-order valence-electron chi connectivity index (χ3n) is 1.50. The minimum Gasteiger partial charge on any atom is -0.362 e. The van der Waals surface area contributed by atoms with Crippen LogP contribution in [0.1, 0.15) is 19.3 Å². The molecule has 52 valence electrons. The van der Waals surface area contributed by atoms with Gasteiger partial charge in [-0.2, -0.15) is 4.79 Å². The van der Waals surface area contributed by atoms with Crippen LogP contribution in [0.3, 0.4) is 0 Å². The van der Waals surface area contributed by atoms with Gasteiger partial charge in [-0.05, 0) is 0 Å². The maximum atomic E-state index is 7.08. The lowest BCUT2D eigenvalue weighted by Gasteiger charge is -2.04. The summed E-state index contributed by atoms with van der Waals surface area (Å²) in [5.74, 6) is 0. The van der Waals surface area contributed by atoms with Crippen molar-refractivity contribution in [2.75, 3.05) is 0 Å². The second-order valence-corrected chi connectivity index (χ2v) is 4.38. The van der Waals surface area contributed by atoms with E-state index < -0.39 is 0 Å². The first-order valence-electron chi connectivity index (χ1n) is 3.52. The lowest BCUT2D eigenvalue weighted by Crippen LogP contribution is -1.94. The Morgan fingerprint density at radius 1 is 1.22 bits per heavy atom. The Labute approximate surface area is 58.7 Å². The summed E-state index contributed by atoms with van der Waals surface area (Å²) in [6, 6.07) is 3.28. The number of hydrogen-bond donors (Lipinski definition) is 0. The number of hydrogen-bond acceptors (Lipinski definition) is 0. The van der Waals surface area contributed by atoms with Gasteiger partial charge in [0.2, 0.25) is 6.72 Å². The third kappa shape index (κ3) is 7.60. The van der Waals surface area contributed by atoms with E-state index in [1.807, 2.05) is 0 Å². The normalized spacial score (nSPS) is 16.9. The van der Waals surface area contributed by atoms with Crippen LogP contribution in [-0.4, -0.2) is 21.0 Å². The van der Waals surface area contributed by atoms with Crippen molar-refractivity contribution in [2.45, 2.75) is 31.4 Å². The van der Waals surface area contributed by atoms with E-state index in [1.54, 1.807) is 24.9 Å². The molecule has 0 bridgehead atoms. The van der Waals surface area contributed by atoms with Gasteiger partial charge in [-0.3, -0.25) is 0 Å². The van der Waals surface area contributed by atoms with Gasteiger partial charge in [0, 0.05) is 9.52 Å². The quantitative estimate of drug-likeness (QED) is 0.210. The van der Waals surface area contributed by atoms with Crippen LogP contribution in [0.15, 0.2) is 0 Å². The Kier molecular flexibility index (Phi) is 7.26. The minimum absolute atomic E-state index is 0.508. The molecule has 1 aliphatic rings. The van der Waals surface area contributed by atoms with E-state index in [2.05, 4.69) is 11.5 Å². The molecule has 1 fully saturated rings. The van der Waals surface area contributed by atoms with Gasteiger partial charge in [0.25, 0.3) is 0 Å². The zero-order valence-electron chi connectivity index (χ0n) is 5.84. The molecule has 0 atom stereocenters. The molecule has 1 heterocycles. The highest BCUT2D eigenvalue weighted by Gasteiger charge is 1.96. The van der Waals surface area contributed by atoms with Crippen molar-refractivity contribution >= 4 is 16.2 Å². The van der Waals surface area contributed by atoms with Crippen LogP contribution in [0.4, 0.5) is 0 Å². The molecule has 0 aromatic heterocycles. The van der Waals surface area contributed by atoms with Gasteiger partial charge in [0.15, 0.2) is 0 Å². The SMILES string of the molecule is C1CC[SiH2]CC1.C=[N+]=[N-]. The minimum atomic E-state index is 0.508. The molecular formula is C6H14N2Si. The fourth-order valence-electron chi connectivity index (χ4n) is 1.06. The second-order valence-electron chi connectivity index (χ2n) is 2.26. The summed E-state index contributed by atoms with van der Waals surface area (Å²) in [7, 11) is 0.508. The van der Waals surface area contributed by atoms with Crippen molar-refractivity contribution in [3.63, 3.8) is 0 Å². The Hall–Kier alpha value is -0.403. The zero-order valence-corrected chi connectivity index (χ0v) is 7.26. The molecule has 1 rings (SSSR count). The lowest BCUT2D eigenvalue weighted by molar-refractivity contribution is 0.0110. The third-order valence-corrected chi connectivity index (χ3v) is 3.50. The first-order chi connectivity index (χ1) is 4.41. The fraction of sp³-hybridized carbons (Fsp3) is 0.833. The Balaban J connectivity index is 0.000000187. The van der Waals surface area contributed by atoms with Crippen molar-refractivity contribution in [1.82, 2.24) is 0 Å². The fourth-order valence-corrected chi connectivity index (χ4v) is 2.83. The van der Waals surface area contributed by atoms with Gasteiger partial charge in [-0.15, -0.1) is 0 Å². The Morgan fingerprint density at radius 2 is 1.67 bits per heavy atom. The molecule has 1 aliphatic heterocycles. The molecule has 0 aromatic rings.